The third-order valence-corrected chi connectivity index (χ3v) is 5.27. The molecule has 0 radical (unpaired) electrons. The smallest absolute Gasteiger partial charge is 0.419 e. The normalized spacial score (nSPS) is 11.7. The Hall–Kier alpha value is -2.61. The van der Waals surface area contributed by atoms with Crippen LogP contribution in [-0.4, -0.2) is 11.2 Å². The Kier molecular flexibility index (Phi) is 4.62. The zero-order valence-electron chi connectivity index (χ0n) is 13.5. The second-order valence-electron chi connectivity index (χ2n) is 5.71. The number of anilines is 1. The molecule has 1 amide bonds. The quantitative estimate of drug-likeness (QED) is 0.559. The lowest BCUT2D eigenvalue weighted by Gasteiger charge is -2.19. The monoisotopic (exact) mass is 383 g/mol. The minimum Gasteiger partial charge on any atom is -0.465 e. The summed E-state index contributed by atoms with van der Waals surface area (Å²) in [7, 11) is 0. The number of benzene rings is 2. The Bertz CT molecular complexity index is 981. The summed E-state index contributed by atoms with van der Waals surface area (Å²) in [6.45, 7) is 1.45. The van der Waals surface area contributed by atoms with Gasteiger partial charge in [0, 0.05) is 4.70 Å². The summed E-state index contributed by atoms with van der Waals surface area (Å²) in [5.74, 6) is -1.39. The molecule has 0 atom stereocenters. The lowest BCUT2D eigenvalue weighted by atomic mass is 10.1. The van der Waals surface area contributed by atoms with Crippen LogP contribution in [0.1, 0.15) is 16.7 Å². The summed E-state index contributed by atoms with van der Waals surface area (Å²) in [6, 6.07) is 9.85. The Balaban J connectivity index is 2.02. The molecule has 0 saturated heterocycles. The summed E-state index contributed by atoms with van der Waals surface area (Å²) >= 11 is 1.24. The Labute approximate surface area is 150 Å². The van der Waals surface area contributed by atoms with E-state index < -0.39 is 23.7 Å². The van der Waals surface area contributed by atoms with Crippen molar-refractivity contribution in [2.45, 2.75) is 19.6 Å². The Morgan fingerprint density at radius 2 is 1.88 bits per heavy atom. The molecule has 0 unspecified atom stereocenters. The minimum atomic E-state index is -4.85. The van der Waals surface area contributed by atoms with Gasteiger partial charge >= 0.3 is 12.3 Å². The van der Waals surface area contributed by atoms with E-state index >= 15 is 0 Å². The molecular formula is C18H13F4NO2S. The number of fused-ring (bicyclic) bond motifs is 1. The van der Waals surface area contributed by atoms with Gasteiger partial charge in [0.05, 0.1) is 12.1 Å². The maximum absolute atomic E-state index is 13.4. The maximum Gasteiger partial charge on any atom is 0.419 e. The number of hydrogen-bond acceptors (Lipinski definition) is 2. The predicted octanol–water partition coefficient (Wildman–Crippen LogP) is 6.05. The summed E-state index contributed by atoms with van der Waals surface area (Å²) in [5, 5.41) is 10.9. The van der Waals surface area contributed by atoms with Crippen LogP contribution >= 0.6 is 11.3 Å². The molecular weight excluding hydrogens is 370 g/mol. The number of aryl methyl sites for hydroxylation is 1. The van der Waals surface area contributed by atoms with Crippen molar-refractivity contribution < 1.29 is 27.5 Å². The zero-order valence-corrected chi connectivity index (χ0v) is 14.3. The fourth-order valence-corrected chi connectivity index (χ4v) is 3.92. The first-order valence-electron chi connectivity index (χ1n) is 7.52. The number of carboxylic acid groups (broad SMARTS) is 1. The molecule has 136 valence electrons. The van der Waals surface area contributed by atoms with Gasteiger partial charge in [0.1, 0.15) is 10.8 Å². The van der Waals surface area contributed by atoms with Gasteiger partial charge in [-0.25, -0.2) is 9.18 Å². The van der Waals surface area contributed by atoms with Gasteiger partial charge in [-0.2, -0.15) is 13.2 Å². The first-order valence-corrected chi connectivity index (χ1v) is 8.34. The minimum absolute atomic E-state index is 0.0537. The van der Waals surface area contributed by atoms with E-state index in [0.29, 0.717) is 17.1 Å². The van der Waals surface area contributed by atoms with E-state index in [0.717, 1.165) is 26.6 Å². The van der Waals surface area contributed by atoms with Crippen molar-refractivity contribution in [3.05, 3.63) is 65.0 Å². The molecule has 0 aliphatic carbocycles. The summed E-state index contributed by atoms with van der Waals surface area (Å²) in [6.07, 6.45) is -6.14. The Morgan fingerprint density at radius 1 is 1.19 bits per heavy atom. The number of halogens is 4. The van der Waals surface area contributed by atoms with Gasteiger partial charge in [0.25, 0.3) is 0 Å². The molecule has 3 aromatic rings. The lowest BCUT2D eigenvalue weighted by Crippen LogP contribution is -2.28. The maximum atomic E-state index is 13.4. The fraction of sp³-hybridized carbons (Fsp3) is 0.167. The van der Waals surface area contributed by atoms with E-state index in [1.54, 1.807) is 6.92 Å². The van der Waals surface area contributed by atoms with Crippen molar-refractivity contribution in [2.24, 2.45) is 0 Å². The summed E-state index contributed by atoms with van der Waals surface area (Å²) in [5.41, 5.74) is -0.627. The van der Waals surface area contributed by atoms with E-state index in [4.69, 9.17) is 0 Å². The molecule has 0 aliphatic heterocycles. The number of amides is 1. The van der Waals surface area contributed by atoms with E-state index in [9.17, 15) is 27.5 Å². The van der Waals surface area contributed by atoms with Crippen molar-refractivity contribution >= 4 is 32.5 Å². The number of carbonyl (C=O) groups is 1. The standard InChI is InChI=1S/C18H13F4NO2S/c1-10-12-4-2-3-5-15(12)26-16(10)23(17(24)25)9-11-6-7-14(19)13(8-11)18(20,21)22/h2-8H,9H2,1H3,(H,24,25). The van der Waals surface area contributed by atoms with Gasteiger partial charge in [-0.05, 0) is 41.6 Å². The van der Waals surface area contributed by atoms with Crippen molar-refractivity contribution in [3.63, 3.8) is 0 Å². The van der Waals surface area contributed by atoms with E-state index in [2.05, 4.69) is 0 Å². The van der Waals surface area contributed by atoms with Gasteiger partial charge in [-0.1, -0.05) is 24.3 Å². The molecule has 3 nitrogen and oxygen atoms in total. The van der Waals surface area contributed by atoms with Crippen LogP contribution in [0.5, 0.6) is 0 Å². The van der Waals surface area contributed by atoms with Crippen LogP contribution in [0.25, 0.3) is 10.1 Å². The Morgan fingerprint density at radius 3 is 2.50 bits per heavy atom. The van der Waals surface area contributed by atoms with Gasteiger partial charge < -0.3 is 5.11 Å². The molecule has 1 N–H and O–H groups in total. The average Bonchev–Trinajstić information content (AvgIpc) is 2.90. The molecule has 0 fully saturated rings. The van der Waals surface area contributed by atoms with Crippen LogP contribution < -0.4 is 4.90 Å². The summed E-state index contributed by atoms with van der Waals surface area (Å²) < 4.78 is 53.0. The molecule has 26 heavy (non-hydrogen) atoms. The van der Waals surface area contributed by atoms with Crippen molar-refractivity contribution in [3.8, 4) is 0 Å². The molecule has 0 aliphatic rings. The van der Waals surface area contributed by atoms with E-state index in [-0.39, 0.29) is 12.1 Å². The second-order valence-corrected chi connectivity index (χ2v) is 6.74. The molecule has 0 spiro atoms. The molecule has 3 rings (SSSR count). The number of hydrogen-bond donors (Lipinski definition) is 1. The number of thiophene rings is 1. The third kappa shape index (κ3) is 3.37. The average molecular weight is 383 g/mol. The van der Waals surface area contributed by atoms with Crippen molar-refractivity contribution in [2.75, 3.05) is 4.90 Å². The van der Waals surface area contributed by atoms with Crippen LogP contribution in [0.3, 0.4) is 0 Å². The molecule has 1 aromatic heterocycles. The lowest BCUT2D eigenvalue weighted by molar-refractivity contribution is -0.140. The third-order valence-electron chi connectivity index (χ3n) is 3.97. The van der Waals surface area contributed by atoms with Crippen LogP contribution in [0, 0.1) is 12.7 Å². The molecule has 0 bridgehead atoms. The predicted molar refractivity (Wildman–Crippen MR) is 92.2 cm³/mol. The van der Waals surface area contributed by atoms with Gasteiger partial charge in [0.15, 0.2) is 0 Å². The van der Waals surface area contributed by atoms with Gasteiger partial charge in [-0.3, -0.25) is 4.90 Å². The zero-order chi connectivity index (χ0) is 19.1. The van der Waals surface area contributed by atoms with Crippen LogP contribution in [0.4, 0.5) is 27.4 Å². The first-order chi connectivity index (χ1) is 12.2. The van der Waals surface area contributed by atoms with Gasteiger partial charge in [0.2, 0.25) is 0 Å². The van der Waals surface area contributed by atoms with Crippen molar-refractivity contribution in [1.82, 2.24) is 0 Å². The first kappa shape index (κ1) is 18.2. The van der Waals surface area contributed by atoms with Crippen LogP contribution in [0.15, 0.2) is 42.5 Å². The molecule has 1 heterocycles. The van der Waals surface area contributed by atoms with Crippen LogP contribution in [-0.2, 0) is 12.7 Å². The fourth-order valence-electron chi connectivity index (χ4n) is 2.72. The number of nitrogens with zero attached hydrogens (tertiary/aromatic N) is 1. The second kappa shape index (κ2) is 6.60. The molecule has 2 aromatic carbocycles. The highest BCUT2D eigenvalue weighted by molar-refractivity contribution is 7.23. The highest BCUT2D eigenvalue weighted by atomic mass is 32.1. The molecule has 0 saturated carbocycles. The van der Waals surface area contributed by atoms with Gasteiger partial charge in [-0.15, -0.1) is 11.3 Å². The topological polar surface area (TPSA) is 40.5 Å². The highest BCUT2D eigenvalue weighted by Crippen LogP contribution is 2.38. The van der Waals surface area contributed by atoms with E-state index in [1.807, 2.05) is 24.3 Å². The highest BCUT2D eigenvalue weighted by Gasteiger charge is 2.34. The summed E-state index contributed by atoms with van der Waals surface area (Å²) in [4.78, 5) is 12.7. The van der Waals surface area contributed by atoms with Crippen LogP contribution in [0.2, 0.25) is 0 Å². The largest absolute Gasteiger partial charge is 0.465 e. The SMILES string of the molecule is Cc1c(N(Cc2ccc(F)c(C(F)(F)F)c2)C(=O)O)sc2ccccc12. The molecule has 8 heteroatoms. The van der Waals surface area contributed by atoms with Crippen molar-refractivity contribution in [1.29, 1.82) is 0 Å². The number of alkyl halides is 3. The number of rotatable bonds is 3. The van der Waals surface area contributed by atoms with E-state index in [1.165, 1.54) is 11.3 Å².